The van der Waals surface area contributed by atoms with Crippen LogP contribution in [0.2, 0.25) is 0 Å². The van der Waals surface area contributed by atoms with Crippen LogP contribution in [0.4, 0.5) is 0 Å². The summed E-state index contributed by atoms with van der Waals surface area (Å²) in [6.45, 7) is 8.13. The summed E-state index contributed by atoms with van der Waals surface area (Å²) in [5.41, 5.74) is 4.18. The van der Waals surface area contributed by atoms with Crippen LogP contribution in [-0.2, 0) is 14.3 Å². The van der Waals surface area contributed by atoms with Gasteiger partial charge in [0.2, 0.25) is 0 Å². The molecule has 2 aromatic rings. The molecule has 2 unspecified atom stereocenters. The van der Waals surface area contributed by atoms with Gasteiger partial charge in [0.25, 0.3) is 0 Å². The van der Waals surface area contributed by atoms with Crippen molar-refractivity contribution < 1.29 is 19.1 Å². The first kappa shape index (κ1) is 22.3. The van der Waals surface area contributed by atoms with Crippen LogP contribution < -0.4 is 0 Å². The Morgan fingerprint density at radius 2 is 1.81 bits per heavy atom. The van der Waals surface area contributed by atoms with Crippen LogP contribution in [0.1, 0.15) is 45.9 Å². The Morgan fingerprint density at radius 1 is 1.19 bits per heavy atom. The van der Waals surface area contributed by atoms with Gasteiger partial charge in [-0.2, -0.15) is 0 Å². The van der Waals surface area contributed by atoms with E-state index in [0.29, 0.717) is 18.8 Å². The van der Waals surface area contributed by atoms with E-state index in [1.165, 1.54) is 11.8 Å². The molecule has 0 amide bonds. The zero-order valence-corrected chi connectivity index (χ0v) is 20.0. The fourth-order valence-corrected chi connectivity index (χ4v) is 5.11. The number of carbonyl (C=O) groups is 2. The molecular formula is C19H23Br2NO4S. The van der Waals surface area contributed by atoms with Gasteiger partial charge in [0.1, 0.15) is 4.83 Å². The maximum atomic E-state index is 12.8. The highest BCUT2D eigenvalue weighted by atomic mass is 79.9. The lowest BCUT2D eigenvalue weighted by Crippen LogP contribution is -2.23. The van der Waals surface area contributed by atoms with E-state index in [0.717, 1.165) is 27.2 Å². The molecule has 0 aliphatic heterocycles. The predicted molar refractivity (Wildman–Crippen MR) is 116 cm³/mol. The number of aromatic nitrogens is 1. The van der Waals surface area contributed by atoms with E-state index in [-0.39, 0.29) is 11.9 Å². The molecule has 2 rings (SSSR count). The van der Waals surface area contributed by atoms with Crippen LogP contribution in [0, 0.1) is 13.8 Å². The summed E-state index contributed by atoms with van der Waals surface area (Å²) in [5, 5.41) is 0. The molecule has 27 heavy (non-hydrogen) atoms. The molecule has 0 fully saturated rings. The Balaban J connectivity index is 2.78. The van der Waals surface area contributed by atoms with Gasteiger partial charge in [0.15, 0.2) is 0 Å². The van der Waals surface area contributed by atoms with E-state index in [4.69, 9.17) is 9.47 Å². The number of thioether (sulfide) groups is 1. The Hall–Kier alpha value is -0.990. The molecule has 0 aliphatic carbocycles. The third-order valence-electron chi connectivity index (χ3n) is 4.06. The van der Waals surface area contributed by atoms with Crippen molar-refractivity contribution >= 4 is 61.1 Å². The van der Waals surface area contributed by atoms with Crippen molar-refractivity contribution in [1.29, 1.82) is 0 Å². The third-order valence-corrected chi connectivity index (χ3v) is 7.46. The number of carbonyl (C=O) groups excluding carboxylic acids is 2. The van der Waals surface area contributed by atoms with Gasteiger partial charge in [-0.1, -0.05) is 37.9 Å². The fourth-order valence-electron chi connectivity index (χ4n) is 3.10. The lowest BCUT2D eigenvalue weighted by molar-refractivity contribution is -0.142. The van der Waals surface area contributed by atoms with Gasteiger partial charge in [-0.05, 0) is 45.1 Å². The molecule has 8 heteroatoms. The fraction of sp³-hybridized carbons (Fsp3) is 0.474. The average Bonchev–Trinajstić information content (AvgIpc) is 2.95. The maximum Gasteiger partial charge on any atom is 0.341 e. The van der Waals surface area contributed by atoms with Gasteiger partial charge < -0.3 is 13.9 Å². The molecular weight excluding hydrogens is 498 g/mol. The van der Waals surface area contributed by atoms with Gasteiger partial charge in [-0.15, -0.1) is 11.8 Å². The summed E-state index contributed by atoms with van der Waals surface area (Å²) in [6, 6.07) is 2.03. The van der Waals surface area contributed by atoms with Gasteiger partial charge in [-0.3, -0.25) is 4.79 Å². The summed E-state index contributed by atoms with van der Waals surface area (Å²) in [6.07, 6.45) is 3.88. The Labute approximate surface area is 180 Å². The topological polar surface area (TPSA) is 57.0 Å². The van der Waals surface area contributed by atoms with Crippen molar-refractivity contribution in [2.45, 2.75) is 42.2 Å². The Morgan fingerprint density at radius 3 is 2.37 bits per heavy atom. The number of hydrogen-bond donors (Lipinski definition) is 0. The number of aryl methyl sites for hydroxylation is 2. The van der Waals surface area contributed by atoms with E-state index in [2.05, 4.69) is 31.9 Å². The molecule has 2 heterocycles. The summed E-state index contributed by atoms with van der Waals surface area (Å²) < 4.78 is 12.4. The van der Waals surface area contributed by atoms with Gasteiger partial charge in [0.05, 0.1) is 34.8 Å². The quantitative estimate of drug-likeness (QED) is 0.284. The monoisotopic (exact) mass is 519 g/mol. The first-order valence-corrected chi connectivity index (χ1v) is 11.6. The molecule has 0 aromatic carbocycles. The summed E-state index contributed by atoms with van der Waals surface area (Å²) in [4.78, 5) is 24.8. The minimum atomic E-state index is -0.600. The van der Waals surface area contributed by atoms with E-state index in [1.54, 1.807) is 13.8 Å². The molecule has 0 bridgehead atoms. The van der Waals surface area contributed by atoms with Crippen LogP contribution in [-0.4, -0.2) is 40.6 Å². The van der Waals surface area contributed by atoms with Crippen LogP contribution in [0.5, 0.6) is 0 Å². The molecule has 0 N–H and O–H groups in total. The number of ether oxygens (including phenoxy) is 2. The standard InChI is InChI=1S/C19H23Br2NO4S/c1-6-25-18(23)12-15-11(4)8-10(3)9-22(15)16(17(12)27-5)13(20)14(21)19(24)26-7-2/h8-9,13-14H,6-7H2,1-5H3. The highest BCUT2D eigenvalue weighted by Crippen LogP contribution is 2.43. The molecule has 0 saturated heterocycles. The summed E-state index contributed by atoms with van der Waals surface area (Å²) in [7, 11) is 0. The lowest BCUT2D eigenvalue weighted by atomic mass is 10.1. The lowest BCUT2D eigenvalue weighted by Gasteiger charge is -2.18. The zero-order chi connectivity index (χ0) is 20.3. The smallest absolute Gasteiger partial charge is 0.341 e. The van der Waals surface area contributed by atoms with Crippen LogP contribution >= 0.6 is 43.6 Å². The van der Waals surface area contributed by atoms with Crippen LogP contribution in [0.15, 0.2) is 17.2 Å². The predicted octanol–water partition coefficient (Wildman–Crippen LogP) is 5.22. The molecule has 2 aromatic heterocycles. The SMILES string of the molecule is CCOC(=O)c1c(SC)c(C(Br)C(Br)C(=O)OCC)n2cc(C)cc(C)c12. The molecule has 0 spiro atoms. The number of alkyl halides is 2. The zero-order valence-electron chi connectivity index (χ0n) is 16.0. The number of nitrogens with zero attached hydrogens (tertiary/aromatic N) is 1. The minimum Gasteiger partial charge on any atom is -0.465 e. The largest absolute Gasteiger partial charge is 0.465 e. The van der Waals surface area contributed by atoms with Crippen molar-refractivity contribution in [2.75, 3.05) is 19.5 Å². The normalized spacial score (nSPS) is 13.4. The van der Waals surface area contributed by atoms with Crippen LogP contribution in [0.3, 0.4) is 0 Å². The molecule has 0 aliphatic rings. The Bertz CT molecular complexity index is 865. The summed E-state index contributed by atoms with van der Waals surface area (Å²) >= 11 is 8.56. The number of fused-ring (bicyclic) bond motifs is 1. The number of esters is 2. The van der Waals surface area contributed by atoms with Crippen molar-refractivity contribution in [1.82, 2.24) is 4.40 Å². The van der Waals surface area contributed by atoms with E-state index < -0.39 is 9.65 Å². The third kappa shape index (κ3) is 4.38. The highest BCUT2D eigenvalue weighted by Gasteiger charge is 2.34. The minimum absolute atomic E-state index is 0.297. The van der Waals surface area contributed by atoms with Gasteiger partial charge >= 0.3 is 11.9 Å². The maximum absolute atomic E-state index is 12.8. The number of pyridine rings is 1. The number of halogens is 2. The molecule has 0 saturated carbocycles. The second-order valence-electron chi connectivity index (χ2n) is 5.99. The Kier molecular flexibility index (Phi) is 7.83. The highest BCUT2D eigenvalue weighted by molar-refractivity contribution is 9.12. The second-order valence-corrected chi connectivity index (χ2v) is 8.78. The molecule has 148 valence electrons. The van der Waals surface area contributed by atoms with Crippen molar-refractivity contribution in [3.63, 3.8) is 0 Å². The molecule has 5 nitrogen and oxygen atoms in total. The van der Waals surface area contributed by atoms with E-state index in [1.807, 2.05) is 36.8 Å². The van der Waals surface area contributed by atoms with Crippen molar-refractivity contribution in [3.8, 4) is 0 Å². The number of hydrogen-bond acceptors (Lipinski definition) is 5. The summed E-state index contributed by atoms with van der Waals surface area (Å²) in [5.74, 6) is -0.719. The first-order valence-electron chi connectivity index (χ1n) is 8.59. The average molecular weight is 521 g/mol. The second kappa shape index (κ2) is 9.47. The molecule has 2 atom stereocenters. The van der Waals surface area contributed by atoms with E-state index >= 15 is 0 Å². The van der Waals surface area contributed by atoms with Crippen LogP contribution in [0.25, 0.3) is 5.52 Å². The van der Waals surface area contributed by atoms with Gasteiger partial charge in [-0.25, -0.2) is 4.79 Å². The van der Waals surface area contributed by atoms with Crippen molar-refractivity contribution in [2.24, 2.45) is 0 Å². The first-order chi connectivity index (χ1) is 12.8. The van der Waals surface area contributed by atoms with E-state index in [9.17, 15) is 9.59 Å². The molecule has 0 radical (unpaired) electrons. The van der Waals surface area contributed by atoms with Crippen molar-refractivity contribution in [3.05, 3.63) is 34.6 Å². The van der Waals surface area contributed by atoms with Gasteiger partial charge in [0, 0.05) is 11.1 Å². The number of rotatable bonds is 7.